The molecule has 1 aliphatic heterocycles. The molecule has 0 spiro atoms. The van der Waals surface area contributed by atoms with E-state index < -0.39 is 12.7 Å². The largest absolute Gasteiger partial charge is 0.665 e. The lowest BCUT2D eigenvalue weighted by atomic mass is 9.79. The van der Waals surface area contributed by atoms with Gasteiger partial charge in [0.1, 0.15) is 17.1 Å². The van der Waals surface area contributed by atoms with Crippen molar-refractivity contribution >= 4 is 12.7 Å². The van der Waals surface area contributed by atoms with Crippen LogP contribution in [-0.4, -0.2) is 42.7 Å². The van der Waals surface area contributed by atoms with Gasteiger partial charge in [0.15, 0.2) is 5.75 Å². The molecule has 0 radical (unpaired) electrons. The molecule has 1 aromatic rings. The van der Waals surface area contributed by atoms with Gasteiger partial charge in [0.2, 0.25) is 0 Å². The molecule has 0 fully saturated rings. The Morgan fingerprint density at radius 1 is 1.52 bits per heavy atom. The first kappa shape index (κ1) is 15.4. The number of carboxylic acid groups (broad SMARTS) is 1. The van der Waals surface area contributed by atoms with E-state index in [1.165, 1.54) is 12.1 Å². The number of nitrogens with two attached hydrogens (primary N) is 1. The summed E-state index contributed by atoms with van der Waals surface area (Å²) in [7, 11) is 0. The van der Waals surface area contributed by atoms with Gasteiger partial charge in [-0.25, -0.2) is 4.79 Å². The van der Waals surface area contributed by atoms with Crippen LogP contribution in [0.3, 0.4) is 0 Å². The molecule has 1 aliphatic rings. The van der Waals surface area contributed by atoms with Gasteiger partial charge >= 0.3 is 12.7 Å². The molecule has 2 rings (SSSR count). The molecule has 0 aromatic heterocycles. The number of carboxylic acids is 1. The number of hydrogen-bond acceptors (Lipinski definition) is 7. The SMILES string of the molecule is CCCOc1ccc2c(c1C(=O)O)O[B-](O)(OCN)CO2. The van der Waals surface area contributed by atoms with Crippen LogP contribution in [-0.2, 0) is 4.65 Å². The number of aromatic carboxylic acids is 1. The predicted octanol–water partition coefficient (Wildman–Crippen LogP) is 0.348. The lowest BCUT2D eigenvalue weighted by Crippen LogP contribution is -2.55. The number of carbonyl (C=O) groups is 1. The second-order valence-electron chi connectivity index (χ2n) is 4.50. The summed E-state index contributed by atoms with van der Waals surface area (Å²) in [5.41, 5.74) is 4.99. The fraction of sp³-hybridized carbons (Fsp3) is 0.417. The van der Waals surface area contributed by atoms with Crippen LogP contribution in [0.2, 0.25) is 0 Å². The van der Waals surface area contributed by atoms with E-state index in [2.05, 4.69) is 0 Å². The average Bonchev–Trinajstić information content (AvgIpc) is 2.43. The van der Waals surface area contributed by atoms with E-state index in [0.29, 0.717) is 6.61 Å². The van der Waals surface area contributed by atoms with Crippen molar-refractivity contribution in [2.75, 3.05) is 19.8 Å². The minimum absolute atomic E-state index is 0.127. The van der Waals surface area contributed by atoms with Gasteiger partial charge in [0.25, 0.3) is 0 Å². The topological polar surface area (TPSA) is 120 Å². The molecule has 21 heavy (non-hydrogen) atoms. The van der Waals surface area contributed by atoms with Crippen LogP contribution < -0.4 is 19.9 Å². The summed E-state index contributed by atoms with van der Waals surface area (Å²) < 4.78 is 20.9. The van der Waals surface area contributed by atoms with Gasteiger partial charge in [-0.2, -0.15) is 0 Å². The fourth-order valence-electron chi connectivity index (χ4n) is 1.96. The van der Waals surface area contributed by atoms with Crippen molar-refractivity contribution in [1.82, 2.24) is 0 Å². The number of fused-ring (bicyclic) bond motifs is 1. The van der Waals surface area contributed by atoms with E-state index in [1.54, 1.807) is 0 Å². The second-order valence-corrected chi connectivity index (χ2v) is 4.50. The smallest absolute Gasteiger partial charge is 0.470 e. The summed E-state index contributed by atoms with van der Waals surface area (Å²) in [4.78, 5) is 11.5. The van der Waals surface area contributed by atoms with Crippen LogP contribution in [0.1, 0.15) is 23.7 Å². The van der Waals surface area contributed by atoms with Crippen molar-refractivity contribution in [2.24, 2.45) is 5.73 Å². The minimum atomic E-state index is -2.83. The third kappa shape index (κ3) is 3.21. The van der Waals surface area contributed by atoms with Crippen molar-refractivity contribution < 1.29 is 33.7 Å². The fourth-order valence-corrected chi connectivity index (χ4v) is 1.96. The Hall–Kier alpha value is -1.97. The van der Waals surface area contributed by atoms with Crippen molar-refractivity contribution in [3.63, 3.8) is 0 Å². The van der Waals surface area contributed by atoms with E-state index in [-0.39, 0.29) is 36.0 Å². The first-order valence-electron chi connectivity index (χ1n) is 6.57. The zero-order valence-electron chi connectivity index (χ0n) is 11.6. The molecule has 1 heterocycles. The Balaban J connectivity index is 2.42. The van der Waals surface area contributed by atoms with E-state index in [1.807, 2.05) is 6.92 Å². The summed E-state index contributed by atoms with van der Waals surface area (Å²) in [5.74, 6) is -1.05. The Morgan fingerprint density at radius 2 is 2.29 bits per heavy atom. The molecular weight excluding hydrogens is 281 g/mol. The zero-order valence-corrected chi connectivity index (χ0v) is 11.6. The minimum Gasteiger partial charge on any atom is -0.665 e. The standard InChI is InChI=1S/C12H17BNO7/c1-2-5-18-8-3-4-9-11(10(8)12(15)16)21-13(17,6-19-9)20-7-14/h3-4,17H,2,5-7,14H2,1H3,(H,15,16)/q-1. The van der Waals surface area contributed by atoms with Gasteiger partial charge in [-0.05, 0) is 18.6 Å². The highest BCUT2D eigenvalue weighted by Crippen LogP contribution is 2.41. The van der Waals surface area contributed by atoms with Gasteiger partial charge < -0.3 is 34.6 Å². The van der Waals surface area contributed by atoms with Crippen LogP contribution in [0.25, 0.3) is 0 Å². The quantitative estimate of drug-likeness (QED) is 0.508. The van der Waals surface area contributed by atoms with Crippen LogP contribution in [0.4, 0.5) is 0 Å². The molecular formula is C12H17BNO7-. The van der Waals surface area contributed by atoms with Crippen LogP contribution in [0, 0.1) is 0 Å². The molecule has 0 amide bonds. The van der Waals surface area contributed by atoms with Crippen LogP contribution in [0.5, 0.6) is 17.2 Å². The van der Waals surface area contributed by atoms with E-state index >= 15 is 0 Å². The van der Waals surface area contributed by atoms with Gasteiger partial charge in [-0.1, -0.05) is 6.92 Å². The molecule has 1 atom stereocenters. The highest BCUT2D eigenvalue weighted by atomic mass is 16.7. The van der Waals surface area contributed by atoms with E-state index in [4.69, 9.17) is 24.5 Å². The maximum Gasteiger partial charge on any atom is 0.470 e. The van der Waals surface area contributed by atoms with Crippen molar-refractivity contribution in [3.05, 3.63) is 17.7 Å². The maximum atomic E-state index is 11.5. The Labute approximate surface area is 121 Å². The molecule has 0 saturated heterocycles. The van der Waals surface area contributed by atoms with Gasteiger partial charge in [-0.15, -0.1) is 0 Å². The highest BCUT2D eigenvalue weighted by molar-refractivity contribution is 6.60. The molecule has 4 N–H and O–H groups in total. The van der Waals surface area contributed by atoms with E-state index in [9.17, 15) is 14.9 Å². The number of ether oxygens (including phenoxy) is 2. The first-order chi connectivity index (χ1) is 10.0. The summed E-state index contributed by atoms with van der Waals surface area (Å²) in [5, 5.41) is 19.4. The van der Waals surface area contributed by atoms with Gasteiger partial charge in [0, 0.05) is 0 Å². The molecule has 116 valence electrons. The normalized spacial score (nSPS) is 20.1. The highest BCUT2D eigenvalue weighted by Gasteiger charge is 2.37. The lowest BCUT2D eigenvalue weighted by molar-refractivity contribution is 0.0681. The Morgan fingerprint density at radius 3 is 2.90 bits per heavy atom. The Bertz CT molecular complexity index is 539. The molecule has 1 aromatic carbocycles. The number of hydrogen-bond donors (Lipinski definition) is 3. The average molecular weight is 298 g/mol. The maximum absolute atomic E-state index is 11.5. The van der Waals surface area contributed by atoms with Crippen LogP contribution in [0.15, 0.2) is 12.1 Å². The summed E-state index contributed by atoms with van der Waals surface area (Å²) in [6.45, 7) is -1.13. The number of rotatable bonds is 6. The summed E-state index contributed by atoms with van der Waals surface area (Å²) in [6, 6.07) is 3.01. The Kier molecular flexibility index (Phi) is 4.56. The monoisotopic (exact) mass is 298 g/mol. The van der Waals surface area contributed by atoms with E-state index in [0.717, 1.165) is 6.42 Å². The predicted molar refractivity (Wildman–Crippen MR) is 73.4 cm³/mol. The molecule has 8 nitrogen and oxygen atoms in total. The molecule has 1 unspecified atom stereocenters. The van der Waals surface area contributed by atoms with Gasteiger partial charge in [-0.3, -0.25) is 0 Å². The first-order valence-corrected chi connectivity index (χ1v) is 6.57. The molecule has 0 bridgehead atoms. The zero-order chi connectivity index (χ0) is 15.5. The summed E-state index contributed by atoms with van der Waals surface area (Å²) in [6.07, 6.45) is 0.720. The van der Waals surface area contributed by atoms with Gasteiger partial charge in [0.05, 0.1) is 19.8 Å². The lowest BCUT2D eigenvalue weighted by Gasteiger charge is -2.40. The molecule has 0 aliphatic carbocycles. The van der Waals surface area contributed by atoms with Crippen molar-refractivity contribution in [2.45, 2.75) is 13.3 Å². The third-order valence-corrected chi connectivity index (χ3v) is 2.87. The molecule has 9 heteroatoms. The third-order valence-electron chi connectivity index (χ3n) is 2.87. The number of benzene rings is 1. The van der Waals surface area contributed by atoms with Crippen LogP contribution >= 0.6 is 0 Å². The second kappa shape index (κ2) is 6.21. The summed E-state index contributed by atoms with van der Waals surface area (Å²) >= 11 is 0. The van der Waals surface area contributed by atoms with Crippen molar-refractivity contribution in [3.8, 4) is 17.2 Å². The molecule has 0 saturated carbocycles. The van der Waals surface area contributed by atoms with Crippen molar-refractivity contribution in [1.29, 1.82) is 0 Å².